The van der Waals surface area contributed by atoms with E-state index in [0.29, 0.717) is 11.8 Å². The molecule has 1 atom stereocenters. The molecule has 0 spiro atoms. The Bertz CT molecular complexity index is 1180. The summed E-state index contributed by atoms with van der Waals surface area (Å²) in [5, 5.41) is 4.61. The minimum absolute atomic E-state index is 0.138. The average molecular weight is 462 g/mol. The number of benzene rings is 1. The first-order valence-electron chi connectivity index (χ1n) is 12.4. The summed E-state index contributed by atoms with van der Waals surface area (Å²) >= 11 is 0. The molecule has 6 heteroatoms. The fourth-order valence-electron chi connectivity index (χ4n) is 5.47. The second kappa shape index (κ2) is 8.64. The van der Waals surface area contributed by atoms with Gasteiger partial charge in [0, 0.05) is 13.2 Å². The van der Waals surface area contributed by atoms with E-state index < -0.39 is 0 Å². The molecule has 3 aromatic rings. The van der Waals surface area contributed by atoms with Gasteiger partial charge in [-0.2, -0.15) is 5.10 Å². The highest BCUT2D eigenvalue weighted by Crippen LogP contribution is 2.38. The van der Waals surface area contributed by atoms with Gasteiger partial charge in [-0.3, -0.25) is 4.68 Å². The number of hydrogen-bond acceptors (Lipinski definition) is 3. The van der Waals surface area contributed by atoms with Crippen LogP contribution < -0.4 is 9.47 Å². The van der Waals surface area contributed by atoms with E-state index in [0.717, 1.165) is 11.6 Å². The van der Waals surface area contributed by atoms with E-state index in [2.05, 4.69) is 136 Å². The molecule has 182 valence electrons. The van der Waals surface area contributed by atoms with Crippen LogP contribution in [0.3, 0.4) is 0 Å². The highest BCUT2D eigenvalue weighted by Gasteiger charge is 2.42. The smallest absolute Gasteiger partial charge is 0.332 e. The van der Waals surface area contributed by atoms with Crippen LogP contribution in [0.5, 0.6) is 0 Å². The van der Waals surface area contributed by atoms with Crippen molar-refractivity contribution in [1.29, 1.82) is 0 Å². The lowest BCUT2D eigenvalue weighted by molar-refractivity contribution is -0.657. The van der Waals surface area contributed by atoms with E-state index in [9.17, 15) is 0 Å². The van der Waals surface area contributed by atoms with Gasteiger partial charge in [-0.05, 0) is 56.7 Å². The third-order valence-electron chi connectivity index (χ3n) is 7.25. The Morgan fingerprint density at radius 1 is 1.03 bits per heavy atom. The molecule has 3 heterocycles. The van der Waals surface area contributed by atoms with Crippen molar-refractivity contribution in [1.82, 2.24) is 19.2 Å². The molecule has 6 nitrogen and oxygen atoms in total. The van der Waals surface area contributed by atoms with E-state index in [1.807, 2.05) is 11.7 Å². The molecule has 0 aliphatic carbocycles. The number of nitrogens with zero attached hydrogens (tertiary/aromatic N) is 6. The maximum Gasteiger partial charge on any atom is 0.370 e. The molecule has 0 radical (unpaired) electrons. The molecule has 0 unspecified atom stereocenters. The number of hydrogen-bond donors (Lipinski definition) is 0. The molecule has 2 aromatic heterocycles. The lowest BCUT2D eigenvalue weighted by Gasteiger charge is -2.39. The van der Waals surface area contributed by atoms with E-state index in [4.69, 9.17) is 0 Å². The van der Waals surface area contributed by atoms with Crippen molar-refractivity contribution >= 4 is 5.95 Å². The van der Waals surface area contributed by atoms with Gasteiger partial charge < -0.3 is 4.90 Å². The van der Waals surface area contributed by atoms with Crippen molar-refractivity contribution in [3.8, 4) is 5.69 Å². The fourth-order valence-corrected chi connectivity index (χ4v) is 5.47. The van der Waals surface area contributed by atoms with E-state index in [-0.39, 0.29) is 11.7 Å². The molecule has 1 aliphatic heterocycles. The Morgan fingerprint density at radius 2 is 1.65 bits per heavy atom. The number of aryl methyl sites for hydroxylation is 3. The van der Waals surface area contributed by atoms with Gasteiger partial charge in [-0.25, -0.2) is 14.0 Å². The second-order valence-electron chi connectivity index (χ2n) is 10.8. The highest BCUT2D eigenvalue weighted by atomic mass is 15.5. The summed E-state index contributed by atoms with van der Waals surface area (Å²) in [5.41, 5.74) is 6.10. The van der Waals surface area contributed by atoms with Crippen LogP contribution in [0, 0.1) is 6.92 Å². The van der Waals surface area contributed by atoms with E-state index in [1.54, 1.807) is 0 Å². The van der Waals surface area contributed by atoms with Crippen molar-refractivity contribution in [3.63, 3.8) is 0 Å². The van der Waals surface area contributed by atoms with Gasteiger partial charge in [0.25, 0.3) is 0 Å². The molecule has 1 aliphatic rings. The second-order valence-corrected chi connectivity index (χ2v) is 10.8. The molecular weight excluding hydrogens is 420 g/mol. The summed E-state index contributed by atoms with van der Waals surface area (Å²) in [6.07, 6.45) is 8.95. The van der Waals surface area contributed by atoms with Crippen molar-refractivity contribution in [2.45, 2.75) is 78.9 Å². The van der Waals surface area contributed by atoms with Gasteiger partial charge in [0.1, 0.15) is 11.9 Å². The average Bonchev–Trinajstić information content (AvgIpc) is 3.43. The summed E-state index contributed by atoms with van der Waals surface area (Å²) in [6.45, 7) is 18.0. The Hall–Kier alpha value is -3.02. The predicted octanol–water partition coefficient (Wildman–Crippen LogP) is 5.47. The molecule has 34 heavy (non-hydrogen) atoms. The maximum atomic E-state index is 4.61. The molecule has 0 saturated carbocycles. The standard InChI is InChI=1S/C28H41N6/c1-19(2)23-12-11-13-24(20(3)4)26(23)33-15-14-30(9)27(33)32-16-17-34(22(32)6)28(7,8)25-18-21(5)29-31(25)10/h11-20,22H,1-10H3/q+1/t22-/m1/s1. The highest BCUT2D eigenvalue weighted by molar-refractivity contribution is 5.55. The topological polar surface area (TPSA) is 33.1 Å². The fraction of sp³-hybridized carbons (Fsp3) is 0.500. The summed E-state index contributed by atoms with van der Waals surface area (Å²) in [5.74, 6) is 2.02. The van der Waals surface area contributed by atoms with Gasteiger partial charge in [-0.15, -0.1) is 0 Å². The monoisotopic (exact) mass is 461 g/mol. The van der Waals surface area contributed by atoms with Crippen LogP contribution >= 0.6 is 0 Å². The summed E-state index contributed by atoms with van der Waals surface area (Å²) in [7, 11) is 4.17. The van der Waals surface area contributed by atoms with Gasteiger partial charge in [0.05, 0.1) is 36.4 Å². The maximum absolute atomic E-state index is 4.61. The zero-order chi connectivity index (χ0) is 24.9. The zero-order valence-electron chi connectivity index (χ0n) is 22.5. The SMILES string of the molecule is Cc1cc(C(C)(C)N2C=CN(c3n(-c4c(C(C)C)cccc4C(C)C)cc[n+]3C)[C@H]2C)n(C)n1. The Labute approximate surface area is 205 Å². The van der Waals surface area contributed by atoms with E-state index in [1.165, 1.54) is 22.5 Å². The van der Waals surface area contributed by atoms with Crippen molar-refractivity contribution in [2.24, 2.45) is 14.1 Å². The van der Waals surface area contributed by atoms with Gasteiger partial charge in [0.15, 0.2) is 6.17 Å². The first kappa shape index (κ1) is 24.1. The number of anilines is 1. The van der Waals surface area contributed by atoms with Gasteiger partial charge in [0.2, 0.25) is 0 Å². The van der Waals surface area contributed by atoms with Gasteiger partial charge >= 0.3 is 5.95 Å². The van der Waals surface area contributed by atoms with Crippen LogP contribution in [-0.4, -0.2) is 25.4 Å². The molecule has 0 fully saturated rings. The molecule has 0 saturated heterocycles. The van der Waals surface area contributed by atoms with Crippen LogP contribution in [0.1, 0.15) is 82.8 Å². The summed E-state index contributed by atoms with van der Waals surface area (Å²) < 4.78 is 6.62. The molecule has 1 aromatic carbocycles. The molecule has 0 amide bonds. The molecule has 4 rings (SSSR count). The minimum Gasteiger partial charge on any atom is -0.332 e. The minimum atomic E-state index is -0.213. The number of rotatable bonds is 6. The van der Waals surface area contributed by atoms with Crippen LogP contribution in [0.4, 0.5) is 5.95 Å². The van der Waals surface area contributed by atoms with Crippen LogP contribution in [0.15, 0.2) is 49.1 Å². The Morgan fingerprint density at radius 3 is 2.18 bits per heavy atom. The predicted molar refractivity (Wildman–Crippen MR) is 139 cm³/mol. The first-order chi connectivity index (χ1) is 15.9. The third kappa shape index (κ3) is 3.83. The number of para-hydroxylation sites is 1. The number of imidazole rings is 1. The largest absolute Gasteiger partial charge is 0.370 e. The zero-order valence-corrected chi connectivity index (χ0v) is 22.5. The van der Waals surface area contributed by atoms with Crippen LogP contribution in [0.2, 0.25) is 0 Å². The van der Waals surface area contributed by atoms with Crippen molar-refractivity contribution in [3.05, 3.63) is 71.6 Å². The normalized spacial score (nSPS) is 16.5. The first-order valence-corrected chi connectivity index (χ1v) is 12.4. The summed E-state index contributed by atoms with van der Waals surface area (Å²) in [4.78, 5) is 4.81. The Kier molecular flexibility index (Phi) is 6.13. The Balaban J connectivity index is 1.80. The lowest BCUT2D eigenvalue weighted by Crippen LogP contribution is -2.49. The number of aromatic nitrogens is 4. The van der Waals surface area contributed by atoms with Crippen molar-refractivity contribution in [2.75, 3.05) is 4.90 Å². The molecule has 0 bridgehead atoms. The van der Waals surface area contributed by atoms with Gasteiger partial charge in [-0.1, -0.05) is 45.9 Å². The molecular formula is C28H41N6+. The van der Waals surface area contributed by atoms with Crippen LogP contribution in [0.25, 0.3) is 5.69 Å². The quantitative estimate of drug-likeness (QED) is 0.457. The lowest BCUT2D eigenvalue weighted by atomic mass is 9.92. The van der Waals surface area contributed by atoms with Crippen molar-refractivity contribution < 1.29 is 4.57 Å². The van der Waals surface area contributed by atoms with Crippen LogP contribution in [-0.2, 0) is 19.6 Å². The molecule has 0 N–H and O–H groups in total. The summed E-state index contributed by atoms with van der Waals surface area (Å²) in [6, 6.07) is 8.95. The van der Waals surface area contributed by atoms with E-state index >= 15 is 0 Å². The third-order valence-corrected chi connectivity index (χ3v) is 7.25.